The highest BCUT2D eigenvalue weighted by atomic mass is 35.5. The summed E-state index contributed by atoms with van der Waals surface area (Å²) in [5, 5.41) is 14.7. The van der Waals surface area contributed by atoms with Gasteiger partial charge in [-0.1, -0.05) is 24.4 Å². The fourth-order valence-electron chi connectivity index (χ4n) is 2.03. The molecule has 1 fully saturated rings. The Morgan fingerprint density at radius 3 is 2.69 bits per heavy atom. The largest absolute Gasteiger partial charge is 0.392 e. The fraction of sp³-hybridized carbons (Fsp3) is 0.600. The van der Waals surface area contributed by atoms with Crippen molar-refractivity contribution in [2.45, 2.75) is 37.7 Å². The molecule has 2 rings (SSSR count). The second kappa shape index (κ2) is 3.99. The van der Waals surface area contributed by atoms with E-state index in [1.54, 1.807) is 11.3 Å². The van der Waals surface area contributed by atoms with Crippen molar-refractivity contribution in [1.29, 1.82) is 0 Å². The summed E-state index contributed by atoms with van der Waals surface area (Å²) < 4.78 is 0. The Kier molecular flexibility index (Phi) is 2.92. The first-order valence-corrected chi connectivity index (χ1v) is 6.01. The molecule has 1 nitrogen and oxygen atoms in total. The van der Waals surface area contributed by atoms with Crippen molar-refractivity contribution in [3.63, 3.8) is 0 Å². The number of aliphatic hydroxyl groups excluding tert-OH is 1. The van der Waals surface area contributed by atoms with Crippen LogP contribution in [0.1, 0.15) is 37.2 Å². The molecule has 2 atom stereocenters. The van der Waals surface area contributed by atoms with Gasteiger partial charge in [-0.3, -0.25) is 0 Å². The number of aliphatic hydroxyl groups is 1. The van der Waals surface area contributed by atoms with E-state index in [2.05, 4.69) is 5.38 Å². The number of halogens is 1. The van der Waals surface area contributed by atoms with Crippen molar-refractivity contribution in [2.75, 3.05) is 0 Å². The van der Waals surface area contributed by atoms with E-state index in [0.717, 1.165) is 29.8 Å². The van der Waals surface area contributed by atoms with Crippen LogP contribution in [0.5, 0.6) is 0 Å². The molecule has 2 unspecified atom stereocenters. The van der Waals surface area contributed by atoms with Gasteiger partial charge in [0.25, 0.3) is 0 Å². The van der Waals surface area contributed by atoms with Crippen molar-refractivity contribution >= 4 is 22.9 Å². The summed E-state index contributed by atoms with van der Waals surface area (Å²) in [6, 6.07) is 0. The molecular weight excluding hydrogens is 204 g/mol. The highest BCUT2D eigenvalue weighted by Crippen LogP contribution is 2.38. The Bertz CT molecular complexity index is 284. The van der Waals surface area contributed by atoms with E-state index in [1.807, 2.05) is 5.38 Å². The summed E-state index contributed by atoms with van der Waals surface area (Å²) in [7, 11) is 0. The maximum Gasteiger partial charge on any atom is 0.0609 e. The maximum absolute atomic E-state index is 9.81. The van der Waals surface area contributed by atoms with E-state index in [1.165, 1.54) is 6.42 Å². The molecule has 0 aromatic carbocycles. The molecule has 0 radical (unpaired) electrons. The monoisotopic (exact) mass is 216 g/mol. The van der Waals surface area contributed by atoms with Gasteiger partial charge in [0.15, 0.2) is 0 Å². The van der Waals surface area contributed by atoms with E-state index in [-0.39, 0.29) is 12.0 Å². The lowest BCUT2D eigenvalue weighted by molar-refractivity contribution is 0.106. The summed E-state index contributed by atoms with van der Waals surface area (Å²) in [5.41, 5.74) is 1.15. The molecule has 1 aromatic rings. The fourth-order valence-corrected chi connectivity index (χ4v) is 3.22. The Morgan fingerprint density at radius 1 is 1.31 bits per heavy atom. The van der Waals surface area contributed by atoms with Gasteiger partial charge in [-0.15, -0.1) is 0 Å². The van der Waals surface area contributed by atoms with Gasteiger partial charge >= 0.3 is 0 Å². The second-order valence-electron chi connectivity index (χ2n) is 3.63. The van der Waals surface area contributed by atoms with E-state index < -0.39 is 0 Å². The summed E-state index contributed by atoms with van der Waals surface area (Å²) in [6.45, 7) is 0. The van der Waals surface area contributed by atoms with Gasteiger partial charge in [0.1, 0.15) is 0 Å². The number of rotatable bonds is 1. The molecular formula is C10H13ClOS. The first-order chi connectivity index (χ1) is 6.29. The summed E-state index contributed by atoms with van der Waals surface area (Å²) in [4.78, 5) is 0. The molecule has 72 valence electrons. The van der Waals surface area contributed by atoms with Crippen LogP contribution < -0.4 is 0 Å². The van der Waals surface area contributed by atoms with Gasteiger partial charge in [0.2, 0.25) is 0 Å². The zero-order chi connectivity index (χ0) is 9.26. The van der Waals surface area contributed by atoms with Crippen LogP contribution in [0.15, 0.2) is 10.8 Å². The molecule has 0 aliphatic heterocycles. The average Bonchev–Trinajstić information content (AvgIpc) is 2.52. The van der Waals surface area contributed by atoms with Crippen molar-refractivity contribution in [3.8, 4) is 0 Å². The smallest absolute Gasteiger partial charge is 0.0609 e. The molecule has 1 aromatic heterocycles. The third kappa shape index (κ3) is 1.90. The molecule has 0 saturated heterocycles. The van der Waals surface area contributed by atoms with Crippen LogP contribution >= 0.6 is 22.9 Å². The lowest BCUT2D eigenvalue weighted by Gasteiger charge is -2.27. The van der Waals surface area contributed by atoms with Gasteiger partial charge in [0.05, 0.1) is 11.1 Å². The van der Waals surface area contributed by atoms with Gasteiger partial charge in [0, 0.05) is 11.3 Å². The minimum Gasteiger partial charge on any atom is -0.392 e. The third-order valence-corrected chi connectivity index (χ3v) is 3.99. The Balaban J connectivity index is 2.19. The van der Waals surface area contributed by atoms with E-state index in [0.29, 0.717) is 0 Å². The van der Waals surface area contributed by atoms with Gasteiger partial charge < -0.3 is 5.11 Å². The van der Waals surface area contributed by atoms with Crippen molar-refractivity contribution in [3.05, 3.63) is 21.3 Å². The summed E-state index contributed by atoms with van der Waals surface area (Å²) in [5.74, 6) is 0.285. The molecule has 1 N–H and O–H groups in total. The highest BCUT2D eigenvalue weighted by Gasteiger charge is 2.26. The Morgan fingerprint density at radius 2 is 2.08 bits per heavy atom. The minimum absolute atomic E-state index is 0.180. The molecule has 0 amide bonds. The highest BCUT2D eigenvalue weighted by molar-refractivity contribution is 7.08. The van der Waals surface area contributed by atoms with E-state index in [4.69, 9.17) is 11.6 Å². The summed E-state index contributed by atoms with van der Waals surface area (Å²) >= 11 is 7.66. The van der Waals surface area contributed by atoms with Crippen LogP contribution in [0.3, 0.4) is 0 Å². The molecule has 1 aliphatic rings. The van der Waals surface area contributed by atoms with E-state index >= 15 is 0 Å². The van der Waals surface area contributed by atoms with Crippen molar-refractivity contribution in [2.24, 2.45) is 0 Å². The zero-order valence-corrected chi connectivity index (χ0v) is 8.94. The Hall–Kier alpha value is -0.0500. The van der Waals surface area contributed by atoms with Crippen LogP contribution in [0.4, 0.5) is 0 Å². The third-order valence-electron chi connectivity index (χ3n) is 2.77. The first-order valence-electron chi connectivity index (χ1n) is 4.68. The molecule has 1 saturated carbocycles. The van der Waals surface area contributed by atoms with Crippen molar-refractivity contribution in [1.82, 2.24) is 0 Å². The van der Waals surface area contributed by atoms with Gasteiger partial charge in [-0.05, 0) is 23.8 Å². The van der Waals surface area contributed by atoms with Gasteiger partial charge in [-0.2, -0.15) is 11.3 Å². The normalized spacial score (nSPS) is 29.1. The van der Waals surface area contributed by atoms with Crippen LogP contribution in [-0.2, 0) is 0 Å². The molecule has 1 heterocycles. The lowest BCUT2D eigenvalue weighted by Crippen LogP contribution is -2.22. The van der Waals surface area contributed by atoms with Crippen LogP contribution in [0.25, 0.3) is 0 Å². The molecule has 0 bridgehead atoms. The zero-order valence-electron chi connectivity index (χ0n) is 7.37. The topological polar surface area (TPSA) is 20.2 Å². The van der Waals surface area contributed by atoms with Crippen molar-refractivity contribution < 1.29 is 5.11 Å². The standard InChI is InChI=1S/C10H13ClOS/c11-9-6-13-5-8(9)7-3-1-2-4-10(7)12/h5-7,10,12H,1-4H2. The SMILES string of the molecule is OC1CCCCC1c1cscc1Cl. The quantitative estimate of drug-likeness (QED) is 0.763. The maximum atomic E-state index is 9.81. The Labute approximate surface area is 87.4 Å². The van der Waals surface area contributed by atoms with E-state index in [9.17, 15) is 5.11 Å². The van der Waals surface area contributed by atoms with Crippen LogP contribution in [-0.4, -0.2) is 11.2 Å². The van der Waals surface area contributed by atoms with Crippen LogP contribution in [0.2, 0.25) is 5.02 Å². The molecule has 13 heavy (non-hydrogen) atoms. The second-order valence-corrected chi connectivity index (χ2v) is 4.78. The number of thiophene rings is 1. The first kappa shape index (κ1) is 9.50. The minimum atomic E-state index is -0.180. The average molecular weight is 217 g/mol. The number of hydrogen-bond acceptors (Lipinski definition) is 2. The predicted octanol–water partition coefficient (Wildman–Crippen LogP) is 3.42. The summed E-state index contributed by atoms with van der Waals surface area (Å²) in [6.07, 6.45) is 4.20. The predicted molar refractivity (Wildman–Crippen MR) is 56.5 cm³/mol. The molecule has 1 aliphatic carbocycles. The number of hydrogen-bond donors (Lipinski definition) is 1. The lowest BCUT2D eigenvalue weighted by atomic mass is 9.83. The molecule has 3 heteroatoms. The van der Waals surface area contributed by atoms with Gasteiger partial charge in [-0.25, -0.2) is 0 Å². The van der Waals surface area contributed by atoms with Crippen LogP contribution in [0, 0.1) is 0 Å². The molecule has 0 spiro atoms.